The molecular formula is C29H23F3N4O3. The van der Waals surface area contributed by atoms with Crippen LogP contribution in [0.2, 0.25) is 0 Å². The van der Waals surface area contributed by atoms with E-state index in [1.165, 1.54) is 24.3 Å². The number of halogens is 3. The van der Waals surface area contributed by atoms with E-state index < -0.39 is 23.9 Å². The van der Waals surface area contributed by atoms with Crippen molar-refractivity contribution in [3.05, 3.63) is 107 Å². The Hall–Kier alpha value is -4.62. The highest BCUT2D eigenvalue weighted by molar-refractivity contribution is 6.03. The molecular weight excluding hydrogens is 509 g/mol. The number of nitrogens with one attached hydrogen (secondary N) is 1. The van der Waals surface area contributed by atoms with Gasteiger partial charge >= 0.3 is 6.18 Å². The lowest BCUT2D eigenvalue weighted by Gasteiger charge is -2.20. The molecule has 0 radical (unpaired) electrons. The first-order valence-electron chi connectivity index (χ1n) is 12.2. The van der Waals surface area contributed by atoms with Gasteiger partial charge in [0.25, 0.3) is 5.91 Å². The van der Waals surface area contributed by atoms with Gasteiger partial charge in [0.05, 0.1) is 23.9 Å². The van der Waals surface area contributed by atoms with Crippen molar-refractivity contribution in [2.24, 2.45) is 5.92 Å². The molecule has 1 atom stereocenters. The molecule has 0 aliphatic heterocycles. The van der Waals surface area contributed by atoms with E-state index in [2.05, 4.69) is 10.4 Å². The fourth-order valence-electron chi connectivity index (χ4n) is 4.11. The first-order valence-corrected chi connectivity index (χ1v) is 12.2. The Kier molecular flexibility index (Phi) is 7.09. The zero-order valence-electron chi connectivity index (χ0n) is 20.5. The summed E-state index contributed by atoms with van der Waals surface area (Å²) in [6.45, 7) is 0.559. The third kappa shape index (κ3) is 6.10. The molecule has 1 saturated carbocycles. The fraction of sp³-hybridized carbons (Fsp3) is 0.207. The molecule has 5 rings (SSSR count). The minimum absolute atomic E-state index is 0.121. The number of alkyl halides is 3. The van der Waals surface area contributed by atoms with E-state index in [0.717, 1.165) is 28.7 Å². The number of phenols is 1. The van der Waals surface area contributed by atoms with Crippen molar-refractivity contribution in [2.75, 3.05) is 11.9 Å². The summed E-state index contributed by atoms with van der Waals surface area (Å²) in [5.74, 6) is -0.191. The number of aromatic nitrogens is 2. The number of nitrogens with zero attached hydrogens (tertiary/aromatic N) is 3. The van der Waals surface area contributed by atoms with Gasteiger partial charge in [-0.15, -0.1) is 0 Å². The van der Waals surface area contributed by atoms with Gasteiger partial charge in [0.15, 0.2) is 5.69 Å². The lowest BCUT2D eigenvalue weighted by Crippen LogP contribution is -2.17. The van der Waals surface area contributed by atoms with Crippen molar-refractivity contribution in [3.8, 4) is 17.5 Å². The molecule has 3 aromatic carbocycles. The quantitative estimate of drug-likeness (QED) is 0.280. The number of nitriles is 1. The summed E-state index contributed by atoms with van der Waals surface area (Å²) in [4.78, 5) is 13.3. The van der Waals surface area contributed by atoms with E-state index in [1.807, 2.05) is 12.1 Å². The van der Waals surface area contributed by atoms with Gasteiger partial charge in [-0.25, -0.2) is 4.68 Å². The van der Waals surface area contributed by atoms with Crippen LogP contribution in [0.15, 0.2) is 78.9 Å². The zero-order chi connectivity index (χ0) is 27.6. The number of benzene rings is 3. The number of carbonyl (C=O) groups is 1. The van der Waals surface area contributed by atoms with Crippen molar-refractivity contribution in [1.29, 1.82) is 5.26 Å². The van der Waals surface area contributed by atoms with Crippen molar-refractivity contribution in [1.82, 2.24) is 9.78 Å². The summed E-state index contributed by atoms with van der Waals surface area (Å²) < 4.78 is 47.6. The second kappa shape index (κ2) is 10.6. The summed E-state index contributed by atoms with van der Waals surface area (Å²) in [6.07, 6.45) is -3.05. The van der Waals surface area contributed by atoms with E-state index in [0.29, 0.717) is 24.3 Å². The molecule has 1 heterocycles. The minimum atomic E-state index is -4.77. The average Bonchev–Trinajstić information content (AvgIpc) is 3.63. The molecule has 7 nitrogen and oxygen atoms in total. The second-order valence-corrected chi connectivity index (χ2v) is 9.31. The highest BCUT2D eigenvalue weighted by Gasteiger charge is 2.36. The van der Waals surface area contributed by atoms with Crippen molar-refractivity contribution < 1.29 is 27.8 Å². The number of hydrogen-bond acceptors (Lipinski definition) is 5. The lowest BCUT2D eigenvalue weighted by molar-refractivity contribution is -0.141. The molecule has 1 unspecified atom stereocenters. The predicted molar refractivity (Wildman–Crippen MR) is 136 cm³/mol. The van der Waals surface area contributed by atoms with Crippen LogP contribution < -0.4 is 5.32 Å². The van der Waals surface area contributed by atoms with E-state index in [-0.39, 0.29) is 22.7 Å². The van der Waals surface area contributed by atoms with Crippen LogP contribution in [0.4, 0.5) is 18.9 Å². The molecule has 4 aromatic rings. The topological polar surface area (TPSA) is 100 Å². The van der Waals surface area contributed by atoms with Crippen molar-refractivity contribution >= 4 is 11.6 Å². The molecule has 2 N–H and O–H groups in total. The molecule has 0 spiro atoms. The van der Waals surface area contributed by atoms with Gasteiger partial charge in [0, 0.05) is 11.8 Å². The summed E-state index contributed by atoms with van der Waals surface area (Å²) in [7, 11) is 0. The van der Waals surface area contributed by atoms with Crippen LogP contribution in [0.5, 0.6) is 5.75 Å². The Morgan fingerprint density at radius 2 is 1.82 bits per heavy atom. The number of phenolic OH excluding ortho intramolecular Hbond substituents is 1. The highest BCUT2D eigenvalue weighted by atomic mass is 19.4. The van der Waals surface area contributed by atoms with Crippen LogP contribution in [-0.2, 0) is 10.9 Å². The van der Waals surface area contributed by atoms with Gasteiger partial charge in [-0.2, -0.15) is 23.5 Å². The number of rotatable bonds is 8. The van der Waals surface area contributed by atoms with Gasteiger partial charge in [0.1, 0.15) is 17.5 Å². The average molecular weight is 533 g/mol. The van der Waals surface area contributed by atoms with Crippen LogP contribution in [-0.4, -0.2) is 27.4 Å². The molecule has 1 fully saturated rings. The molecule has 198 valence electrons. The summed E-state index contributed by atoms with van der Waals surface area (Å²) in [5, 5.41) is 25.2. The first-order chi connectivity index (χ1) is 18.7. The number of carbonyl (C=O) groups excluding carboxylic acids is 1. The van der Waals surface area contributed by atoms with Gasteiger partial charge < -0.3 is 15.2 Å². The molecule has 1 amide bonds. The number of hydrogen-bond donors (Lipinski definition) is 2. The molecule has 1 aliphatic rings. The van der Waals surface area contributed by atoms with E-state index in [9.17, 15) is 28.3 Å². The van der Waals surface area contributed by atoms with Crippen molar-refractivity contribution in [2.45, 2.75) is 25.1 Å². The van der Waals surface area contributed by atoms with Gasteiger partial charge in [-0.1, -0.05) is 30.3 Å². The van der Waals surface area contributed by atoms with Crippen LogP contribution >= 0.6 is 0 Å². The van der Waals surface area contributed by atoms with Crippen LogP contribution in [0.1, 0.15) is 51.8 Å². The Labute approximate surface area is 222 Å². The standard InChI is InChI=1S/C29H23F3N4O3/c30-29(31,32)26-15-25(36(35-26)23-6-1-3-19(13-23)16-33)28(38)34-22-5-2-4-21(14-22)27(39-17-18-7-8-18)20-9-11-24(37)12-10-20/h1-6,9-15,18,27,37H,7-8,17H2,(H,34,38). The molecule has 0 saturated heterocycles. The summed E-state index contributed by atoms with van der Waals surface area (Å²) in [5.41, 5.74) is 0.662. The SMILES string of the molecule is N#Cc1cccc(-n2nc(C(F)(F)F)cc2C(=O)Nc2cccc(C(OCC3CC3)c3ccc(O)cc3)c2)c1. The maximum absolute atomic E-state index is 13.5. The first kappa shape index (κ1) is 26.0. The van der Waals surface area contributed by atoms with E-state index in [4.69, 9.17) is 4.74 Å². The predicted octanol–water partition coefficient (Wildman–Crippen LogP) is 6.24. The largest absolute Gasteiger partial charge is 0.508 e. The summed E-state index contributed by atoms with van der Waals surface area (Å²) >= 11 is 0. The van der Waals surface area contributed by atoms with Gasteiger partial charge in [-0.3, -0.25) is 4.79 Å². The molecule has 1 aliphatic carbocycles. The van der Waals surface area contributed by atoms with Crippen molar-refractivity contribution in [3.63, 3.8) is 0 Å². The van der Waals surface area contributed by atoms with Crippen LogP contribution in [0, 0.1) is 17.2 Å². The molecule has 39 heavy (non-hydrogen) atoms. The van der Waals surface area contributed by atoms with Crippen LogP contribution in [0.3, 0.4) is 0 Å². The number of anilines is 1. The van der Waals surface area contributed by atoms with E-state index in [1.54, 1.807) is 42.5 Å². The molecule has 1 aromatic heterocycles. The minimum Gasteiger partial charge on any atom is -0.508 e. The number of aromatic hydroxyl groups is 1. The highest BCUT2D eigenvalue weighted by Crippen LogP contribution is 2.35. The fourth-order valence-corrected chi connectivity index (χ4v) is 4.11. The Balaban J connectivity index is 1.45. The second-order valence-electron chi connectivity index (χ2n) is 9.31. The summed E-state index contributed by atoms with van der Waals surface area (Å²) in [6, 6.07) is 21.9. The molecule has 0 bridgehead atoms. The monoisotopic (exact) mass is 532 g/mol. The Bertz CT molecular complexity index is 1540. The molecule has 10 heteroatoms. The maximum atomic E-state index is 13.5. The lowest BCUT2D eigenvalue weighted by atomic mass is 10.0. The third-order valence-electron chi connectivity index (χ3n) is 6.29. The third-order valence-corrected chi connectivity index (χ3v) is 6.29. The van der Waals surface area contributed by atoms with Gasteiger partial charge in [0.2, 0.25) is 0 Å². The van der Waals surface area contributed by atoms with E-state index >= 15 is 0 Å². The number of ether oxygens (including phenoxy) is 1. The Morgan fingerprint density at radius 3 is 2.51 bits per heavy atom. The normalized spacial score (nSPS) is 14.0. The zero-order valence-corrected chi connectivity index (χ0v) is 20.5. The Morgan fingerprint density at radius 1 is 1.08 bits per heavy atom. The maximum Gasteiger partial charge on any atom is 0.435 e. The van der Waals surface area contributed by atoms with Gasteiger partial charge in [-0.05, 0) is 72.4 Å². The van der Waals surface area contributed by atoms with Crippen LogP contribution in [0.25, 0.3) is 5.69 Å². The number of amides is 1. The smallest absolute Gasteiger partial charge is 0.435 e.